The molecule has 0 amide bonds. The zero-order valence-corrected chi connectivity index (χ0v) is 4.66. The molecule has 29 valence electrons. The van der Waals surface area contributed by atoms with Crippen molar-refractivity contribution in [2.24, 2.45) is 0 Å². The smallest absolute Gasteiger partial charge is 0.0479 e. The van der Waals surface area contributed by atoms with Crippen molar-refractivity contribution in [3.05, 3.63) is 6.92 Å². The predicted molar refractivity (Wildman–Crippen MR) is 31.5 cm³/mol. The summed E-state index contributed by atoms with van der Waals surface area (Å²) in [4.78, 5) is 0. The molecule has 0 aliphatic heterocycles. The van der Waals surface area contributed by atoms with E-state index in [1.807, 2.05) is 6.26 Å². The molecule has 0 aromatic carbocycles. The fraction of sp³-hybridized carbons (Fsp3) is 0.333. The van der Waals surface area contributed by atoms with E-state index in [1.165, 1.54) is 11.8 Å². The Labute approximate surface area is 42.0 Å². The molecule has 0 aromatic heterocycles. The number of hydrogen-bond donors (Lipinski definition) is 0. The highest BCUT2D eigenvalue weighted by atomic mass is 32.2. The fourth-order valence-electron chi connectivity index (χ4n) is 0. The molecule has 2 heteroatoms. The van der Waals surface area contributed by atoms with E-state index in [4.69, 9.17) is 0 Å². The van der Waals surface area contributed by atoms with E-state index < -0.39 is 0 Å². The third-order valence-electron chi connectivity index (χ3n) is 0.228. The van der Waals surface area contributed by atoms with E-state index in [9.17, 15) is 0 Å². The van der Waals surface area contributed by atoms with Crippen LogP contribution >= 0.6 is 24.0 Å². The van der Waals surface area contributed by atoms with Gasteiger partial charge in [0.05, 0.1) is 0 Å². The van der Waals surface area contributed by atoms with Crippen LogP contribution < -0.4 is 0 Å². The van der Waals surface area contributed by atoms with Gasteiger partial charge in [-0.1, -0.05) is 12.2 Å². The van der Waals surface area contributed by atoms with Gasteiger partial charge in [0.25, 0.3) is 0 Å². The fourth-order valence-corrected chi connectivity index (χ4v) is 0. The van der Waals surface area contributed by atoms with Crippen LogP contribution in [0.3, 0.4) is 0 Å². The summed E-state index contributed by atoms with van der Waals surface area (Å²) in [6.45, 7) is 3.45. The molecule has 5 heavy (non-hydrogen) atoms. The molecular formula is C3H5S2. The summed E-state index contributed by atoms with van der Waals surface area (Å²) >= 11 is 6.05. The third kappa shape index (κ3) is 4.44. The van der Waals surface area contributed by atoms with Gasteiger partial charge in [-0.2, -0.15) is 0 Å². The van der Waals surface area contributed by atoms with Gasteiger partial charge in [-0.15, -0.1) is 11.8 Å². The average molecular weight is 105 g/mol. The van der Waals surface area contributed by atoms with Crippen LogP contribution in [0.5, 0.6) is 0 Å². The van der Waals surface area contributed by atoms with Crippen molar-refractivity contribution >= 4 is 28.2 Å². The monoisotopic (exact) mass is 105 g/mol. The van der Waals surface area contributed by atoms with E-state index in [0.717, 1.165) is 4.20 Å². The molecule has 0 aliphatic carbocycles. The molecule has 0 spiro atoms. The summed E-state index contributed by atoms with van der Waals surface area (Å²) in [5, 5.41) is 0. The predicted octanol–water partition coefficient (Wildman–Crippen LogP) is 1.51. The summed E-state index contributed by atoms with van der Waals surface area (Å²) in [7, 11) is 0. The van der Waals surface area contributed by atoms with Crippen molar-refractivity contribution in [3.8, 4) is 0 Å². The van der Waals surface area contributed by atoms with Crippen molar-refractivity contribution in [2.45, 2.75) is 0 Å². The van der Waals surface area contributed by atoms with Crippen molar-refractivity contribution in [1.82, 2.24) is 0 Å². The maximum atomic E-state index is 4.55. The highest BCUT2D eigenvalue weighted by Crippen LogP contribution is 1.92. The van der Waals surface area contributed by atoms with Crippen LogP contribution in [0.4, 0.5) is 0 Å². The van der Waals surface area contributed by atoms with Crippen LogP contribution in [0.2, 0.25) is 0 Å². The molecule has 0 aliphatic rings. The van der Waals surface area contributed by atoms with Crippen LogP contribution in [0.25, 0.3) is 0 Å². The largest absolute Gasteiger partial charge is 0.122 e. The standard InChI is InChI=1S/C3H5S2/c1-3(4)5-2/h1H2,2H3. The van der Waals surface area contributed by atoms with E-state index in [0.29, 0.717) is 0 Å². The molecule has 0 saturated heterocycles. The van der Waals surface area contributed by atoms with Crippen molar-refractivity contribution in [3.63, 3.8) is 0 Å². The van der Waals surface area contributed by atoms with E-state index in [2.05, 4.69) is 19.1 Å². The molecule has 0 saturated carbocycles. The second-order valence-electron chi connectivity index (χ2n) is 0.576. The Morgan fingerprint density at radius 2 is 2.20 bits per heavy atom. The topological polar surface area (TPSA) is 0 Å². The first kappa shape index (κ1) is 5.44. The molecule has 0 heterocycles. The third-order valence-corrected chi connectivity index (χ3v) is 1.18. The minimum atomic E-state index is 0.755. The second-order valence-corrected chi connectivity index (χ2v) is 2.23. The number of thiocarbonyl (C=S) groups is 1. The van der Waals surface area contributed by atoms with Crippen LogP contribution in [0.1, 0.15) is 0 Å². The van der Waals surface area contributed by atoms with Gasteiger partial charge in [0.1, 0.15) is 0 Å². The van der Waals surface area contributed by atoms with Crippen LogP contribution in [0.15, 0.2) is 0 Å². The highest BCUT2D eigenvalue weighted by Gasteiger charge is 1.71. The quantitative estimate of drug-likeness (QED) is 0.428. The van der Waals surface area contributed by atoms with E-state index in [-0.39, 0.29) is 0 Å². The van der Waals surface area contributed by atoms with Gasteiger partial charge in [0.15, 0.2) is 0 Å². The first-order valence-electron chi connectivity index (χ1n) is 1.17. The summed E-state index contributed by atoms with van der Waals surface area (Å²) in [6, 6.07) is 0. The van der Waals surface area contributed by atoms with E-state index in [1.54, 1.807) is 0 Å². The van der Waals surface area contributed by atoms with Gasteiger partial charge in [-0.25, -0.2) is 0 Å². The highest BCUT2D eigenvalue weighted by molar-refractivity contribution is 8.22. The molecule has 0 fully saturated rings. The lowest BCUT2D eigenvalue weighted by Crippen LogP contribution is -1.67. The molecule has 0 aromatic rings. The molecule has 0 atom stereocenters. The molecular weight excluding hydrogens is 100 g/mol. The van der Waals surface area contributed by atoms with Gasteiger partial charge in [-0.05, 0) is 13.2 Å². The summed E-state index contributed by atoms with van der Waals surface area (Å²) in [5.41, 5.74) is 0. The number of rotatable bonds is 0. The summed E-state index contributed by atoms with van der Waals surface area (Å²) in [5.74, 6) is 0. The van der Waals surface area contributed by atoms with Gasteiger partial charge in [0.2, 0.25) is 0 Å². The Bertz CT molecular complexity index is 40.2. The summed E-state index contributed by atoms with van der Waals surface area (Å²) in [6.07, 6.45) is 1.91. The lowest BCUT2D eigenvalue weighted by molar-refractivity contribution is 2.51. The van der Waals surface area contributed by atoms with Crippen molar-refractivity contribution < 1.29 is 0 Å². The van der Waals surface area contributed by atoms with Gasteiger partial charge in [0, 0.05) is 4.20 Å². The Hall–Kier alpha value is 0.440. The van der Waals surface area contributed by atoms with Crippen LogP contribution in [-0.4, -0.2) is 10.5 Å². The maximum absolute atomic E-state index is 4.55. The van der Waals surface area contributed by atoms with Crippen LogP contribution in [0, 0.1) is 6.92 Å². The average Bonchev–Trinajstić information content (AvgIpc) is 1.38. The summed E-state index contributed by atoms with van der Waals surface area (Å²) < 4.78 is 0.755. The zero-order chi connectivity index (χ0) is 4.28. The van der Waals surface area contributed by atoms with E-state index >= 15 is 0 Å². The number of hydrogen-bond acceptors (Lipinski definition) is 2. The molecule has 0 rings (SSSR count). The SMILES string of the molecule is [CH2]C(=S)SC. The maximum Gasteiger partial charge on any atom is 0.0479 e. The minimum absolute atomic E-state index is 0.755. The van der Waals surface area contributed by atoms with Crippen molar-refractivity contribution in [1.29, 1.82) is 0 Å². The first-order valence-corrected chi connectivity index (χ1v) is 2.80. The minimum Gasteiger partial charge on any atom is -0.122 e. The lowest BCUT2D eigenvalue weighted by Gasteiger charge is -1.76. The normalized spacial score (nSPS) is 7.60. The Morgan fingerprint density at radius 1 is 2.00 bits per heavy atom. The molecule has 1 radical (unpaired) electrons. The molecule has 0 bridgehead atoms. The molecule has 0 nitrogen and oxygen atoms in total. The Kier molecular flexibility index (Phi) is 2.90. The van der Waals surface area contributed by atoms with Crippen LogP contribution in [-0.2, 0) is 0 Å². The zero-order valence-electron chi connectivity index (χ0n) is 3.02. The second kappa shape index (κ2) is 2.67. The van der Waals surface area contributed by atoms with Gasteiger partial charge >= 0.3 is 0 Å². The lowest BCUT2D eigenvalue weighted by atomic mass is 11.0. The first-order chi connectivity index (χ1) is 2.27. The van der Waals surface area contributed by atoms with Crippen molar-refractivity contribution in [2.75, 3.05) is 6.26 Å². The Morgan fingerprint density at radius 3 is 2.20 bits per heavy atom. The Balaban J connectivity index is 2.85. The number of thioether (sulfide) groups is 1. The molecule has 0 N–H and O–H groups in total. The van der Waals surface area contributed by atoms with Gasteiger partial charge < -0.3 is 0 Å². The molecule has 0 unspecified atom stereocenters. The van der Waals surface area contributed by atoms with Gasteiger partial charge in [-0.3, -0.25) is 0 Å².